The Labute approximate surface area is 123 Å². The van der Waals surface area contributed by atoms with Crippen molar-refractivity contribution < 1.29 is 9.18 Å². The molecule has 0 saturated heterocycles. The molecule has 1 amide bonds. The first-order valence-electron chi connectivity index (χ1n) is 6.78. The number of nitrogens with one attached hydrogen (secondary N) is 2. The van der Waals surface area contributed by atoms with Crippen LogP contribution in [-0.4, -0.2) is 24.5 Å². The molecule has 0 fully saturated rings. The van der Waals surface area contributed by atoms with Gasteiger partial charge in [-0.15, -0.1) is 0 Å². The lowest BCUT2D eigenvalue weighted by atomic mass is 10.1. The average Bonchev–Trinajstić information content (AvgIpc) is 2.49. The SMILES string of the molecule is CNc1cccc(C(=O)NCCc2ccc(F)cc2C)n1. The van der Waals surface area contributed by atoms with Crippen molar-refractivity contribution in [1.29, 1.82) is 0 Å². The van der Waals surface area contributed by atoms with E-state index in [4.69, 9.17) is 0 Å². The minimum absolute atomic E-state index is 0.216. The summed E-state index contributed by atoms with van der Waals surface area (Å²) in [5.41, 5.74) is 2.28. The molecule has 110 valence electrons. The largest absolute Gasteiger partial charge is 0.373 e. The van der Waals surface area contributed by atoms with Crippen LogP contribution >= 0.6 is 0 Å². The summed E-state index contributed by atoms with van der Waals surface area (Å²) in [6, 6.07) is 9.91. The van der Waals surface area contributed by atoms with Crippen molar-refractivity contribution in [2.45, 2.75) is 13.3 Å². The lowest BCUT2D eigenvalue weighted by Gasteiger charge is -2.08. The van der Waals surface area contributed by atoms with Gasteiger partial charge in [0, 0.05) is 13.6 Å². The van der Waals surface area contributed by atoms with Crippen molar-refractivity contribution >= 4 is 11.7 Å². The first-order chi connectivity index (χ1) is 10.1. The molecule has 0 aliphatic rings. The highest BCUT2D eigenvalue weighted by Gasteiger charge is 2.07. The third-order valence-electron chi connectivity index (χ3n) is 3.22. The van der Waals surface area contributed by atoms with Gasteiger partial charge < -0.3 is 10.6 Å². The second-order valence-corrected chi connectivity index (χ2v) is 4.73. The first kappa shape index (κ1) is 15.0. The summed E-state index contributed by atoms with van der Waals surface area (Å²) >= 11 is 0. The molecule has 0 saturated carbocycles. The molecule has 0 atom stereocenters. The molecular weight excluding hydrogens is 269 g/mol. The zero-order chi connectivity index (χ0) is 15.2. The summed E-state index contributed by atoms with van der Waals surface area (Å²) < 4.78 is 13.0. The fraction of sp³-hybridized carbons (Fsp3) is 0.250. The number of hydrogen-bond acceptors (Lipinski definition) is 3. The lowest BCUT2D eigenvalue weighted by Crippen LogP contribution is -2.26. The van der Waals surface area contributed by atoms with Gasteiger partial charge in [0.25, 0.3) is 5.91 Å². The highest BCUT2D eigenvalue weighted by Crippen LogP contribution is 2.10. The minimum Gasteiger partial charge on any atom is -0.373 e. The van der Waals surface area contributed by atoms with Crippen molar-refractivity contribution in [1.82, 2.24) is 10.3 Å². The van der Waals surface area contributed by atoms with E-state index in [1.807, 2.05) is 6.92 Å². The Hall–Kier alpha value is -2.43. The normalized spacial score (nSPS) is 10.2. The van der Waals surface area contributed by atoms with Gasteiger partial charge in [0.2, 0.25) is 0 Å². The molecule has 2 rings (SSSR count). The van der Waals surface area contributed by atoms with Crippen LogP contribution in [0.3, 0.4) is 0 Å². The van der Waals surface area contributed by atoms with Gasteiger partial charge in [-0.25, -0.2) is 9.37 Å². The number of rotatable bonds is 5. The van der Waals surface area contributed by atoms with Gasteiger partial charge in [-0.1, -0.05) is 12.1 Å². The molecule has 0 bridgehead atoms. The van der Waals surface area contributed by atoms with Crippen LogP contribution in [0.1, 0.15) is 21.6 Å². The van der Waals surface area contributed by atoms with Gasteiger partial charge >= 0.3 is 0 Å². The number of hydrogen-bond donors (Lipinski definition) is 2. The smallest absolute Gasteiger partial charge is 0.269 e. The molecule has 1 aromatic carbocycles. The molecule has 0 radical (unpaired) electrons. The summed E-state index contributed by atoms with van der Waals surface area (Å²) in [6.45, 7) is 2.34. The monoisotopic (exact) mass is 287 g/mol. The van der Waals surface area contributed by atoms with E-state index < -0.39 is 0 Å². The van der Waals surface area contributed by atoms with Crippen molar-refractivity contribution in [3.05, 3.63) is 59.0 Å². The van der Waals surface area contributed by atoms with E-state index in [0.29, 0.717) is 24.5 Å². The van der Waals surface area contributed by atoms with Crippen LogP contribution in [0.25, 0.3) is 0 Å². The van der Waals surface area contributed by atoms with E-state index in [1.165, 1.54) is 12.1 Å². The number of aryl methyl sites for hydroxylation is 1. The van der Waals surface area contributed by atoms with Crippen LogP contribution in [0.4, 0.5) is 10.2 Å². The van der Waals surface area contributed by atoms with Gasteiger partial charge in [0.1, 0.15) is 17.3 Å². The molecule has 0 aliphatic carbocycles. The van der Waals surface area contributed by atoms with Gasteiger partial charge in [0.15, 0.2) is 0 Å². The Morgan fingerprint density at radius 1 is 1.29 bits per heavy atom. The molecule has 2 aromatic rings. The number of pyridine rings is 1. The zero-order valence-electron chi connectivity index (χ0n) is 12.1. The van der Waals surface area contributed by atoms with Crippen molar-refractivity contribution in [2.24, 2.45) is 0 Å². The number of carbonyl (C=O) groups excluding carboxylic acids is 1. The van der Waals surface area contributed by atoms with Gasteiger partial charge in [-0.05, 0) is 48.7 Å². The third kappa shape index (κ3) is 4.02. The summed E-state index contributed by atoms with van der Waals surface area (Å²) in [7, 11) is 1.75. The highest BCUT2D eigenvalue weighted by molar-refractivity contribution is 5.92. The Morgan fingerprint density at radius 2 is 2.10 bits per heavy atom. The molecule has 21 heavy (non-hydrogen) atoms. The van der Waals surface area contributed by atoms with E-state index in [2.05, 4.69) is 15.6 Å². The number of halogens is 1. The third-order valence-corrected chi connectivity index (χ3v) is 3.22. The van der Waals surface area contributed by atoms with E-state index in [1.54, 1.807) is 31.3 Å². The average molecular weight is 287 g/mol. The maximum absolute atomic E-state index is 13.0. The maximum Gasteiger partial charge on any atom is 0.269 e. The van der Waals surface area contributed by atoms with E-state index in [-0.39, 0.29) is 11.7 Å². The van der Waals surface area contributed by atoms with Crippen molar-refractivity contribution in [3.63, 3.8) is 0 Å². The fourth-order valence-corrected chi connectivity index (χ4v) is 2.04. The second-order valence-electron chi connectivity index (χ2n) is 4.73. The van der Waals surface area contributed by atoms with Crippen LogP contribution in [0.2, 0.25) is 0 Å². The minimum atomic E-state index is -0.242. The zero-order valence-corrected chi connectivity index (χ0v) is 12.1. The quantitative estimate of drug-likeness (QED) is 0.888. The predicted octanol–water partition coefficient (Wildman–Crippen LogP) is 2.54. The summed E-state index contributed by atoms with van der Waals surface area (Å²) in [6.07, 6.45) is 0.656. The fourth-order valence-electron chi connectivity index (χ4n) is 2.04. The molecule has 4 nitrogen and oxygen atoms in total. The van der Waals surface area contributed by atoms with Gasteiger partial charge in [-0.3, -0.25) is 4.79 Å². The Morgan fingerprint density at radius 3 is 2.81 bits per heavy atom. The number of anilines is 1. The van der Waals surface area contributed by atoms with E-state index in [0.717, 1.165) is 11.1 Å². The molecule has 0 aliphatic heterocycles. The lowest BCUT2D eigenvalue weighted by molar-refractivity contribution is 0.0949. The van der Waals surface area contributed by atoms with Crippen LogP contribution in [0.5, 0.6) is 0 Å². The Bertz CT molecular complexity index is 643. The molecule has 1 aromatic heterocycles. The Balaban J connectivity index is 1.92. The van der Waals surface area contributed by atoms with Crippen molar-refractivity contribution in [2.75, 3.05) is 18.9 Å². The first-order valence-corrected chi connectivity index (χ1v) is 6.78. The predicted molar refractivity (Wildman–Crippen MR) is 81.0 cm³/mol. The highest BCUT2D eigenvalue weighted by atomic mass is 19.1. The summed E-state index contributed by atoms with van der Waals surface area (Å²) in [4.78, 5) is 16.2. The van der Waals surface area contributed by atoms with Crippen LogP contribution < -0.4 is 10.6 Å². The standard InChI is InChI=1S/C16H18FN3O/c1-11-10-13(17)7-6-12(11)8-9-19-16(21)14-4-3-5-15(18-2)20-14/h3-7,10H,8-9H2,1-2H3,(H,18,20)(H,19,21). The number of nitrogens with zero attached hydrogens (tertiary/aromatic N) is 1. The molecule has 0 unspecified atom stereocenters. The molecular formula is C16H18FN3O. The second kappa shape index (κ2) is 6.83. The number of benzene rings is 1. The van der Waals surface area contributed by atoms with E-state index in [9.17, 15) is 9.18 Å². The van der Waals surface area contributed by atoms with Crippen LogP contribution in [0, 0.1) is 12.7 Å². The van der Waals surface area contributed by atoms with Crippen molar-refractivity contribution in [3.8, 4) is 0 Å². The molecule has 2 N–H and O–H groups in total. The molecule has 0 spiro atoms. The van der Waals surface area contributed by atoms with Gasteiger partial charge in [-0.2, -0.15) is 0 Å². The number of aromatic nitrogens is 1. The topological polar surface area (TPSA) is 54.0 Å². The van der Waals surface area contributed by atoms with Crippen LogP contribution in [-0.2, 0) is 6.42 Å². The Kier molecular flexibility index (Phi) is 4.87. The molecule has 1 heterocycles. The van der Waals surface area contributed by atoms with E-state index >= 15 is 0 Å². The number of amides is 1. The van der Waals surface area contributed by atoms with Crippen LogP contribution in [0.15, 0.2) is 36.4 Å². The number of carbonyl (C=O) groups is 1. The maximum atomic E-state index is 13.0. The summed E-state index contributed by atoms with van der Waals surface area (Å²) in [5.74, 6) is 0.192. The van der Waals surface area contributed by atoms with Gasteiger partial charge in [0.05, 0.1) is 0 Å². The molecule has 5 heteroatoms. The summed E-state index contributed by atoms with van der Waals surface area (Å²) in [5, 5.41) is 5.71.